The summed E-state index contributed by atoms with van der Waals surface area (Å²) in [5.41, 5.74) is 2.02. The van der Waals surface area contributed by atoms with Crippen molar-refractivity contribution in [2.75, 3.05) is 18.0 Å². The minimum absolute atomic E-state index is 0.0629. The van der Waals surface area contributed by atoms with E-state index in [0.717, 1.165) is 41.3 Å². The van der Waals surface area contributed by atoms with Crippen molar-refractivity contribution in [2.24, 2.45) is 0 Å². The molecule has 0 unspecified atom stereocenters. The van der Waals surface area contributed by atoms with Crippen LogP contribution >= 0.6 is 0 Å². The summed E-state index contributed by atoms with van der Waals surface area (Å²) in [7, 11) is 0. The summed E-state index contributed by atoms with van der Waals surface area (Å²) < 4.78 is 19.3. The van der Waals surface area contributed by atoms with Gasteiger partial charge in [-0.1, -0.05) is 5.16 Å². The molecule has 8 heteroatoms. The van der Waals surface area contributed by atoms with Gasteiger partial charge in [0.15, 0.2) is 5.82 Å². The predicted molar refractivity (Wildman–Crippen MR) is 124 cm³/mol. The Bertz CT molecular complexity index is 1310. The summed E-state index contributed by atoms with van der Waals surface area (Å²) in [6, 6.07) is 11.8. The highest BCUT2D eigenvalue weighted by molar-refractivity contribution is 6.10. The third kappa shape index (κ3) is 4.09. The number of benzene rings is 2. The van der Waals surface area contributed by atoms with Gasteiger partial charge in [0.1, 0.15) is 11.6 Å². The van der Waals surface area contributed by atoms with Crippen molar-refractivity contribution in [1.29, 1.82) is 0 Å². The molecule has 5 rings (SSSR count). The molecule has 33 heavy (non-hydrogen) atoms. The van der Waals surface area contributed by atoms with Crippen LogP contribution in [0.15, 0.2) is 53.2 Å². The monoisotopic (exact) mass is 445 g/mol. The second-order valence-electron chi connectivity index (χ2n) is 8.35. The maximum absolute atomic E-state index is 14.1. The fourth-order valence-corrected chi connectivity index (χ4v) is 4.44. The Morgan fingerprint density at radius 3 is 2.70 bits per heavy atom. The quantitative estimate of drug-likeness (QED) is 0.500. The summed E-state index contributed by atoms with van der Waals surface area (Å²) in [4.78, 5) is 24.5. The number of anilines is 1. The van der Waals surface area contributed by atoms with Crippen LogP contribution in [-0.2, 0) is 0 Å². The van der Waals surface area contributed by atoms with Crippen LogP contribution in [-0.4, -0.2) is 40.2 Å². The van der Waals surface area contributed by atoms with Gasteiger partial charge in [0.25, 0.3) is 11.8 Å². The number of hydrogen-bond donors (Lipinski definition) is 1. The van der Waals surface area contributed by atoms with Gasteiger partial charge in [-0.05, 0) is 86.6 Å². The van der Waals surface area contributed by atoms with Crippen LogP contribution in [0, 0.1) is 19.7 Å². The molecule has 0 spiro atoms. The summed E-state index contributed by atoms with van der Waals surface area (Å²) in [5, 5.41) is 8.72. The Morgan fingerprint density at radius 1 is 1.18 bits per heavy atom. The van der Waals surface area contributed by atoms with Crippen LogP contribution in [0.3, 0.4) is 0 Å². The van der Waals surface area contributed by atoms with E-state index in [2.05, 4.69) is 20.4 Å². The second-order valence-corrected chi connectivity index (χ2v) is 8.35. The van der Waals surface area contributed by atoms with Crippen LogP contribution in [0.1, 0.15) is 34.6 Å². The van der Waals surface area contributed by atoms with Crippen molar-refractivity contribution in [3.05, 3.63) is 71.4 Å². The van der Waals surface area contributed by atoms with E-state index in [1.54, 1.807) is 48.4 Å². The minimum Gasteiger partial charge on any atom is -0.334 e. The highest BCUT2D eigenvalue weighted by atomic mass is 19.1. The number of rotatable bonds is 4. The zero-order valence-electron chi connectivity index (χ0n) is 18.5. The molecule has 2 aromatic heterocycles. The Balaban J connectivity index is 1.58. The lowest BCUT2D eigenvalue weighted by molar-refractivity contribution is 0.0972. The number of nitrogens with one attached hydrogen (secondary N) is 1. The van der Waals surface area contributed by atoms with Crippen molar-refractivity contribution in [1.82, 2.24) is 20.4 Å². The molecule has 0 bridgehead atoms. The standard InChI is InChI=1S/C25H24FN5O2/c1-15-12-20(26)13-19-9-11-28-23(22(15)19)31(21-4-3-10-27-14-21)25(32)18-7-5-17(6-8-18)24-29-16(2)30-33-24/h5-9,11-13,21,27H,3-4,10,14H2,1-2H3/t21-/m1/s1. The molecule has 4 aromatic rings. The van der Waals surface area contributed by atoms with Crippen LogP contribution in [0.25, 0.3) is 22.2 Å². The molecule has 1 aliphatic heterocycles. The maximum Gasteiger partial charge on any atom is 0.259 e. The van der Waals surface area contributed by atoms with E-state index in [1.165, 1.54) is 12.1 Å². The third-order valence-corrected chi connectivity index (χ3v) is 5.99. The lowest BCUT2D eigenvalue weighted by Crippen LogP contribution is -2.49. The van der Waals surface area contributed by atoms with E-state index in [9.17, 15) is 9.18 Å². The number of hydrogen-bond acceptors (Lipinski definition) is 6. The van der Waals surface area contributed by atoms with Crippen molar-refractivity contribution >= 4 is 22.5 Å². The van der Waals surface area contributed by atoms with Crippen LogP contribution in [0.5, 0.6) is 0 Å². The Labute approximate surface area is 190 Å². The molecule has 0 aliphatic carbocycles. The van der Waals surface area contributed by atoms with Crippen LogP contribution < -0.4 is 10.2 Å². The molecule has 1 fully saturated rings. The van der Waals surface area contributed by atoms with E-state index in [4.69, 9.17) is 4.52 Å². The second kappa shape index (κ2) is 8.71. The fraction of sp³-hybridized carbons (Fsp3) is 0.280. The molecule has 1 saturated heterocycles. The largest absolute Gasteiger partial charge is 0.334 e. The van der Waals surface area contributed by atoms with Crippen molar-refractivity contribution in [2.45, 2.75) is 32.7 Å². The summed E-state index contributed by atoms with van der Waals surface area (Å²) in [5.74, 6) is 1.06. The number of amides is 1. The van der Waals surface area contributed by atoms with E-state index in [-0.39, 0.29) is 17.8 Å². The summed E-state index contributed by atoms with van der Waals surface area (Å²) in [6.07, 6.45) is 3.45. The summed E-state index contributed by atoms with van der Waals surface area (Å²) in [6.45, 7) is 5.19. The normalized spacial score (nSPS) is 16.2. The first-order chi connectivity index (χ1) is 16.0. The van der Waals surface area contributed by atoms with Gasteiger partial charge in [-0.2, -0.15) is 4.98 Å². The molecule has 3 heterocycles. The Kier molecular flexibility index (Phi) is 5.60. The molecule has 0 saturated carbocycles. The molecule has 7 nitrogen and oxygen atoms in total. The van der Waals surface area contributed by atoms with Gasteiger partial charge < -0.3 is 9.84 Å². The molecule has 1 N–H and O–H groups in total. The highest BCUT2D eigenvalue weighted by Gasteiger charge is 2.30. The van der Waals surface area contributed by atoms with Gasteiger partial charge in [-0.25, -0.2) is 9.37 Å². The number of aryl methyl sites for hydroxylation is 2. The van der Waals surface area contributed by atoms with Gasteiger partial charge >= 0.3 is 0 Å². The zero-order chi connectivity index (χ0) is 22.9. The number of nitrogens with zero attached hydrogens (tertiary/aromatic N) is 4. The topological polar surface area (TPSA) is 84.2 Å². The lowest BCUT2D eigenvalue weighted by Gasteiger charge is -2.35. The Hall–Kier alpha value is -3.65. The number of carbonyl (C=O) groups excluding carboxylic acids is 1. The van der Waals surface area contributed by atoms with Gasteiger partial charge in [-0.15, -0.1) is 0 Å². The van der Waals surface area contributed by atoms with Crippen molar-refractivity contribution in [3.63, 3.8) is 0 Å². The van der Waals surface area contributed by atoms with Crippen molar-refractivity contribution < 1.29 is 13.7 Å². The molecule has 1 amide bonds. The SMILES string of the molecule is Cc1noc(-c2ccc(C(=O)N(c3nccc4cc(F)cc(C)c34)[C@@H]3CCCNC3)cc2)n1. The molecule has 1 atom stereocenters. The first-order valence-electron chi connectivity index (χ1n) is 11.0. The van der Waals surface area contributed by atoms with Crippen molar-refractivity contribution in [3.8, 4) is 11.5 Å². The summed E-state index contributed by atoms with van der Waals surface area (Å²) >= 11 is 0. The van der Waals surface area contributed by atoms with Gasteiger partial charge in [0, 0.05) is 29.3 Å². The number of aromatic nitrogens is 3. The van der Waals surface area contributed by atoms with Gasteiger partial charge in [0.05, 0.1) is 6.04 Å². The molecule has 168 valence electrons. The maximum atomic E-state index is 14.1. The number of carbonyl (C=O) groups is 1. The molecule has 2 aromatic carbocycles. The van der Waals surface area contributed by atoms with E-state index in [0.29, 0.717) is 29.6 Å². The fourth-order valence-electron chi connectivity index (χ4n) is 4.44. The van der Waals surface area contributed by atoms with Crippen LogP contribution in [0.2, 0.25) is 0 Å². The Morgan fingerprint density at radius 2 is 2.00 bits per heavy atom. The lowest BCUT2D eigenvalue weighted by atomic mass is 10.0. The average molecular weight is 445 g/mol. The number of pyridine rings is 1. The zero-order valence-corrected chi connectivity index (χ0v) is 18.5. The van der Waals surface area contributed by atoms with Gasteiger partial charge in [0.2, 0.25) is 0 Å². The number of piperidine rings is 1. The van der Waals surface area contributed by atoms with Gasteiger partial charge in [-0.3, -0.25) is 9.69 Å². The van der Waals surface area contributed by atoms with E-state index >= 15 is 0 Å². The molecular formula is C25H24FN5O2. The predicted octanol–water partition coefficient (Wildman–Crippen LogP) is 4.44. The molecular weight excluding hydrogens is 421 g/mol. The van der Waals surface area contributed by atoms with Crippen LogP contribution in [0.4, 0.5) is 10.2 Å². The molecule has 0 radical (unpaired) electrons. The average Bonchev–Trinajstić information content (AvgIpc) is 3.26. The smallest absolute Gasteiger partial charge is 0.259 e. The first kappa shape index (κ1) is 21.2. The highest BCUT2D eigenvalue weighted by Crippen LogP contribution is 2.32. The first-order valence-corrected chi connectivity index (χ1v) is 11.0. The number of halogens is 1. The van der Waals surface area contributed by atoms with E-state index in [1.807, 2.05) is 6.92 Å². The van der Waals surface area contributed by atoms with E-state index < -0.39 is 0 Å². The number of fused-ring (bicyclic) bond motifs is 1. The third-order valence-electron chi connectivity index (χ3n) is 5.99. The minimum atomic E-state index is -0.304. The molecule has 1 aliphatic rings.